The van der Waals surface area contributed by atoms with E-state index in [9.17, 15) is 4.79 Å². The zero-order valence-electron chi connectivity index (χ0n) is 11.8. The fraction of sp³-hybridized carbons (Fsp3) is 0.312. The van der Waals surface area contributed by atoms with Crippen molar-refractivity contribution in [2.45, 2.75) is 19.4 Å². The van der Waals surface area contributed by atoms with Crippen LogP contribution in [0.3, 0.4) is 0 Å². The number of anilines is 1. The summed E-state index contributed by atoms with van der Waals surface area (Å²) in [5, 5.41) is 2.86. The van der Waals surface area contributed by atoms with Gasteiger partial charge >= 0.3 is 0 Å². The minimum atomic E-state index is -0.235. The maximum Gasteiger partial charge on any atom is 0.275 e. The summed E-state index contributed by atoms with van der Waals surface area (Å²) in [4.78, 5) is 22.4. The van der Waals surface area contributed by atoms with Gasteiger partial charge in [-0.3, -0.25) is 14.7 Å². The number of hydrogen-bond acceptors (Lipinski definition) is 4. The molecule has 1 saturated heterocycles. The van der Waals surface area contributed by atoms with Gasteiger partial charge in [0.05, 0.1) is 6.20 Å². The number of nitrogens with one attached hydrogen (secondary N) is 1. The van der Waals surface area contributed by atoms with Gasteiger partial charge in [-0.15, -0.1) is 0 Å². The van der Waals surface area contributed by atoms with Gasteiger partial charge in [-0.1, -0.05) is 12.1 Å². The van der Waals surface area contributed by atoms with Crippen molar-refractivity contribution in [1.29, 1.82) is 0 Å². The molecule has 3 rings (SSSR count). The molecule has 0 radical (unpaired) electrons. The molecule has 2 heterocycles. The van der Waals surface area contributed by atoms with Crippen molar-refractivity contribution in [3.05, 3.63) is 54.1 Å². The normalized spacial score (nSPS) is 15.0. The van der Waals surface area contributed by atoms with Crippen LogP contribution in [0.25, 0.3) is 0 Å². The first-order valence-electron chi connectivity index (χ1n) is 7.20. The molecular formula is C16H18N4O. The van der Waals surface area contributed by atoms with Crippen LogP contribution in [0.15, 0.2) is 42.9 Å². The van der Waals surface area contributed by atoms with E-state index < -0.39 is 0 Å². The monoisotopic (exact) mass is 282 g/mol. The number of hydrogen-bond donors (Lipinski definition) is 1. The van der Waals surface area contributed by atoms with Gasteiger partial charge in [-0.05, 0) is 43.6 Å². The molecule has 0 bridgehead atoms. The molecule has 5 nitrogen and oxygen atoms in total. The molecule has 2 aromatic rings. The molecule has 0 saturated carbocycles. The zero-order chi connectivity index (χ0) is 14.5. The van der Waals surface area contributed by atoms with E-state index in [1.807, 2.05) is 18.2 Å². The summed E-state index contributed by atoms with van der Waals surface area (Å²) >= 11 is 0. The average molecular weight is 282 g/mol. The van der Waals surface area contributed by atoms with Crippen LogP contribution >= 0.6 is 0 Å². The van der Waals surface area contributed by atoms with E-state index in [0.717, 1.165) is 25.3 Å². The van der Waals surface area contributed by atoms with Crippen molar-refractivity contribution in [2.75, 3.05) is 18.4 Å². The van der Waals surface area contributed by atoms with Crippen LogP contribution in [0, 0.1) is 0 Å². The summed E-state index contributed by atoms with van der Waals surface area (Å²) in [5.41, 5.74) is 2.33. The number of likely N-dealkylation sites (tertiary alicyclic amines) is 1. The minimum absolute atomic E-state index is 0.235. The lowest BCUT2D eigenvalue weighted by Crippen LogP contribution is -2.18. The Bertz CT molecular complexity index is 609. The molecule has 21 heavy (non-hydrogen) atoms. The summed E-state index contributed by atoms with van der Waals surface area (Å²) in [6.45, 7) is 3.27. The highest BCUT2D eigenvalue weighted by molar-refractivity contribution is 6.02. The highest BCUT2D eigenvalue weighted by Gasteiger charge is 2.12. The second-order valence-corrected chi connectivity index (χ2v) is 5.23. The lowest BCUT2D eigenvalue weighted by atomic mass is 10.2. The molecule has 1 aliphatic rings. The van der Waals surface area contributed by atoms with Crippen LogP contribution in [0.2, 0.25) is 0 Å². The Morgan fingerprint density at radius 3 is 2.86 bits per heavy atom. The average Bonchev–Trinajstić information content (AvgIpc) is 3.01. The lowest BCUT2D eigenvalue weighted by Gasteiger charge is -2.15. The molecule has 0 atom stereocenters. The number of aromatic nitrogens is 2. The molecule has 1 amide bonds. The van der Waals surface area contributed by atoms with Crippen molar-refractivity contribution in [3.63, 3.8) is 0 Å². The quantitative estimate of drug-likeness (QED) is 0.935. The van der Waals surface area contributed by atoms with Gasteiger partial charge in [0.25, 0.3) is 5.91 Å². The first-order chi connectivity index (χ1) is 10.3. The number of nitrogens with zero attached hydrogens (tertiary/aromatic N) is 3. The third-order valence-electron chi connectivity index (χ3n) is 3.59. The third-order valence-corrected chi connectivity index (χ3v) is 3.59. The number of benzene rings is 1. The van der Waals surface area contributed by atoms with E-state index in [1.165, 1.54) is 30.8 Å². The summed E-state index contributed by atoms with van der Waals surface area (Å²) in [7, 11) is 0. The predicted molar refractivity (Wildman–Crippen MR) is 80.9 cm³/mol. The molecule has 1 N–H and O–H groups in total. The maximum absolute atomic E-state index is 12.0. The smallest absolute Gasteiger partial charge is 0.275 e. The molecule has 1 fully saturated rings. The molecular weight excluding hydrogens is 264 g/mol. The summed E-state index contributed by atoms with van der Waals surface area (Å²) in [6, 6.07) is 7.97. The fourth-order valence-corrected chi connectivity index (χ4v) is 2.56. The molecule has 1 aromatic carbocycles. The molecule has 5 heteroatoms. The fourth-order valence-electron chi connectivity index (χ4n) is 2.56. The van der Waals surface area contributed by atoms with Crippen molar-refractivity contribution in [2.24, 2.45) is 0 Å². The minimum Gasteiger partial charge on any atom is -0.321 e. The van der Waals surface area contributed by atoms with E-state index in [1.54, 1.807) is 6.20 Å². The predicted octanol–water partition coefficient (Wildman–Crippen LogP) is 2.32. The van der Waals surface area contributed by atoms with Gasteiger partial charge in [0.2, 0.25) is 0 Å². The summed E-state index contributed by atoms with van der Waals surface area (Å²) < 4.78 is 0. The Balaban J connectivity index is 1.66. The van der Waals surface area contributed by atoms with Crippen molar-refractivity contribution in [3.8, 4) is 0 Å². The third kappa shape index (κ3) is 3.64. The van der Waals surface area contributed by atoms with Crippen molar-refractivity contribution < 1.29 is 4.79 Å². The second-order valence-electron chi connectivity index (χ2n) is 5.23. The van der Waals surface area contributed by atoms with E-state index in [-0.39, 0.29) is 5.91 Å². The second kappa shape index (κ2) is 6.45. The Morgan fingerprint density at radius 2 is 2.10 bits per heavy atom. The zero-order valence-corrected chi connectivity index (χ0v) is 11.8. The summed E-state index contributed by atoms with van der Waals surface area (Å²) in [6.07, 6.45) is 7.09. The van der Waals surface area contributed by atoms with Crippen LogP contribution in [-0.4, -0.2) is 33.9 Å². The Hall–Kier alpha value is -2.27. The van der Waals surface area contributed by atoms with Gasteiger partial charge in [0.1, 0.15) is 5.69 Å². The highest BCUT2D eigenvalue weighted by atomic mass is 16.1. The number of rotatable bonds is 4. The lowest BCUT2D eigenvalue weighted by molar-refractivity contribution is 0.102. The Morgan fingerprint density at radius 1 is 1.24 bits per heavy atom. The Kier molecular flexibility index (Phi) is 4.21. The largest absolute Gasteiger partial charge is 0.321 e. The standard InChI is InChI=1S/C16H18N4O/c21-16(15-11-17-6-7-18-15)19-14-5-3-4-13(10-14)12-20-8-1-2-9-20/h3-7,10-11H,1-2,8-9,12H2,(H,19,21). The SMILES string of the molecule is O=C(Nc1cccc(CN2CCCC2)c1)c1cnccn1. The van der Waals surface area contributed by atoms with Crippen LogP contribution in [0.4, 0.5) is 5.69 Å². The van der Waals surface area contributed by atoms with Crippen molar-refractivity contribution >= 4 is 11.6 Å². The topological polar surface area (TPSA) is 58.1 Å². The van der Waals surface area contributed by atoms with E-state index in [2.05, 4.69) is 26.3 Å². The van der Waals surface area contributed by atoms with Crippen LogP contribution < -0.4 is 5.32 Å². The number of carbonyl (C=O) groups excluding carboxylic acids is 1. The van der Waals surface area contributed by atoms with E-state index in [0.29, 0.717) is 5.69 Å². The van der Waals surface area contributed by atoms with Crippen LogP contribution in [-0.2, 0) is 6.54 Å². The van der Waals surface area contributed by atoms with Gasteiger partial charge in [0, 0.05) is 24.6 Å². The molecule has 1 aromatic heterocycles. The van der Waals surface area contributed by atoms with Gasteiger partial charge in [-0.25, -0.2) is 4.98 Å². The van der Waals surface area contributed by atoms with E-state index >= 15 is 0 Å². The summed E-state index contributed by atoms with van der Waals surface area (Å²) in [5.74, 6) is -0.235. The molecule has 0 spiro atoms. The Labute approximate surface area is 124 Å². The van der Waals surface area contributed by atoms with Crippen molar-refractivity contribution in [1.82, 2.24) is 14.9 Å². The first kappa shape index (κ1) is 13.7. The first-order valence-corrected chi connectivity index (χ1v) is 7.20. The molecule has 0 unspecified atom stereocenters. The molecule has 1 aliphatic heterocycles. The van der Waals surface area contributed by atoms with Crippen LogP contribution in [0.1, 0.15) is 28.9 Å². The highest BCUT2D eigenvalue weighted by Crippen LogP contribution is 2.16. The van der Waals surface area contributed by atoms with Gasteiger partial charge in [-0.2, -0.15) is 0 Å². The molecule has 108 valence electrons. The molecule has 0 aliphatic carbocycles. The van der Waals surface area contributed by atoms with Crippen LogP contribution in [0.5, 0.6) is 0 Å². The number of carbonyl (C=O) groups is 1. The van der Waals surface area contributed by atoms with E-state index in [4.69, 9.17) is 0 Å². The maximum atomic E-state index is 12.0. The van der Waals surface area contributed by atoms with Gasteiger partial charge < -0.3 is 5.32 Å². The van der Waals surface area contributed by atoms with Gasteiger partial charge in [0.15, 0.2) is 0 Å². The number of amides is 1.